The molecule has 0 unspecified atom stereocenters. The van der Waals surface area contributed by atoms with Crippen LogP contribution < -0.4 is 5.32 Å². The van der Waals surface area contributed by atoms with E-state index < -0.39 is 6.09 Å². The Kier molecular flexibility index (Phi) is 3.67. The summed E-state index contributed by atoms with van der Waals surface area (Å²) in [6.45, 7) is 1.19. The second-order valence-corrected chi connectivity index (χ2v) is 4.89. The van der Waals surface area contributed by atoms with Crippen LogP contribution >= 0.6 is 0 Å². The van der Waals surface area contributed by atoms with Crippen molar-refractivity contribution in [2.24, 2.45) is 0 Å². The summed E-state index contributed by atoms with van der Waals surface area (Å²) in [5.74, 6) is 0.569. The fourth-order valence-electron chi connectivity index (χ4n) is 2.34. The first kappa shape index (κ1) is 12.7. The number of anilines is 1. The Hall–Kier alpha value is -2.30. The Morgan fingerprint density at radius 3 is 2.95 bits per heavy atom. The number of hydrogen-bond donors (Lipinski definition) is 1. The van der Waals surface area contributed by atoms with Crippen molar-refractivity contribution in [2.45, 2.75) is 32.4 Å². The van der Waals surface area contributed by atoms with Crippen LogP contribution in [0.1, 0.15) is 24.1 Å². The number of rotatable bonds is 3. The highest BCUT2D eigenvalue weighted by Gasteiger charge is 2.13. The van der Waals surface area contributed by atoms with Crippen molar-refractivity contribution >= 4 is 11.9 Å². The van der Waals surface area contributed by atoms with Gasteiger partial charge in [0.25, 0.3) is 0 Å². The molecule has 0 radical (unpaired) electrons. The highest BCUT2D eigenvalue weighted by molar-refractivity contribution is 5.83. The molecule has 20 heavy (non-hydrogen) atoms. The number of aromatic nitrogens is 2. The van der Waals surface area contributed by atoms with E-state index in [4.69, 9.17) is 4.74 Å². The van der Waals surface area contributed by atoms with Crippen LogP contribution in [0, 0.1) is 0 Å². The van der Waals surface area contributed by atoms with Crippen molar-refractivity contribution in [2.75, 3.05) is 5.32 Å². The zero-order valence-corrected chi connectivity index (χ0v) is 11.2. The van der Waals surface area contributed by atoms with E-state index >= 15 is 0 Å². The van der Waals surface area contributed by atoms with Gasteiger partial charge in [-0.05, 0) is 24.8 Å². The fraction of sp³-hybridized carbons (Fsp3) is 0.333. The molecular formula is C15H17N3O2. The summed E-state index contributed by atoms with van der Waals surface area (Å²) in [4.78, 5) is 11.7. The first-order valence-corrected chi connectivity index (χ1v) is 6.86. The van der Waals surface area contributed by atoms with Crippen LogP contribution in [-0.4, -0.2) is 15.9 Å². The van der Waals surface area contributed by atoms with Crippen molar-refractivity contribution in [3.8, 4) is 0 Å². The third-order valence-electron chi connectivity index (χ3n) is 3.36. The van der Waals surface area contributed by atoms with Gasteiger partial charge in [-0.25, -0.2) is 4.79 Å². The van der Waals surface area contributed by atoms with E-state index in [1.165, 1.54) is 12.1 Å². The van der Waals surface area contributed by atoms with Crippen LogP contribution in [0.15, 0.2) is 36.4 Å². The number of aryl methyl sites for hydroxylation is 2. The lowest BCUT2D eigenvalue weighted by Crippen LogP contribution is -2.14. The highest BCUT2D eigenvalue weighted by atomic mass is 16.5. The van der Waals surface area contributed by atoms with Crippen molar-refractivity contribution in [1.29, 1.82) is 0 Å². The molecule has 0 aliphatic carbocycles. The minimum Gasteiger partial charge on any atom is -0.444 e. The normalized spacial score (nSPS) is 13.6. The minimum atomic E-state index is -0.468. The van der Waals surface area contributed by atoms with Gasteiger partial charge in [0.1, 0.15) is 6.61 Å². The smallest absolute Gasteiger partial charge is 0.413 e. The molecule has 3 rings (SSSR count). The first-order chi connectivity index (χ1) is 9.81. The average Bonchev–Trinajstić information content (AvgIpc) is 2.88. The zero-order chi connectivity index (χ0) is 13.8. The Balaban J connectivity index is 1.55. The largest absolute Gasteiger partial charge is 0.444 e. The van der Waals surface area contributed by atoms with Crippen LogP contribution in [-0.2, 0) is 24.3 Å². The number of carbonyl (C=O) groups excluding carboxylic acids is 1. The van der Waals surface area contributed by atoms with Gasteiger partial charge in [0.2, 0.25) is 0 Å². The molecule has 0 spiro atoms. The van der Waals surface area contributed by atoms with E-state index in [2.05, 4.69) is 10.4 Å². The van der Waals surface area contributed by atoms with Crippen molar-refractivity contribution < 1.29 is 9.53 Å². The van der Waals surface area contributed by atoms with Gasteiger partial charge in [-0.2, -0.15) is 5.10 Å². The van der Waals surface area contributed by atoms with Crippen LogP contribution in [0.5, 0.6) is 0 Å². The van der Waals surface area contributed by atoms with Gasteiger partial charge in [-0.15, -0.1) is 0 Å². The molecule has 1 aromatic carbocycles. The van der Waals surface area contributed by atoms with Gasteiger partial charge in [0.15, 0.2) is 5.82 Å². The Labute approximate surface area is 117 Å². The molecule has 0 bridgehead atoms. The lowest BCUT2D eigenvalue weighted by Gasteiger charge is -2.11. The summed E-state index contributed by atoms with van der Waals surface area (Å²) in [5.41, 5.74) is 2.14. The van der Waals surface area contributed by atoms with E-state index in [9.17, 15) is 4.79 Å². The number of ether oxygens (including phenoxy) is 1. The van der Waals surface area contributed by atoms with Crippen LogP contribution in [0.25, 0.3) is 0 Å². The lowest BCUT2D eigenvalue weighted by molar-refractivity contribution is 0.155. The molecule has 5 heteroatoms. The Bertz CT molecular complexity index is 569. The number of hydrogen-bond acceptors (Lipinski definition) is 3. The van der Waals surface area contributed by atoms with Crippen LogP contribution in [0.3, 0.4) is 0 Å². The molecule has 0 fully saturated rings. The molecule has 2 heterocycles. The van der Waals surface area contributed by atoms with Crippen LogP contribution in [0.2, 0.25) is 0 Å². The summed E-state index contributed by atoms with van der Waals surface area (Å²) in [5, 5.41) is 7.03. The number of fused-ring (bicyclic) bond motifs is 1. The molecule has 0 saturated heterocycles. The predicted octanol–water partition coefficient (Wildman–Crippen LogP) is 2.97. The van der Waals surface area contributed by atoms with E-state index in [0.717, 1.165) is 24.9 Å². The van der Waals surface area contributed by atoms with Gasteiger partial charge < -0.3 is 4.74 Å². The summed E-state index contributed by atoms with van der Waals surface area (Å²) in [6.07, 6.45) is 2.88. The number of benzene rings is 1. The van der Waals surface area contributed by atoms with Gasteiger partial charge in [-0.1, -0.05) is 30.3 Å². The molecule has 2 aromatic rings. The maximum atomic E-state index is 11.7. The first-order valence-electron chi connectivity index (χ1n) is 6.86. The molecule has 1 aliphatic heterocycles. The zero-order valence-electron chi connectivity index (χ0n) is 11.2. The molecule has 0 atom stereocenters. The molecular weight excluding hydrogens is 254 g/mol. The quantitative estimate of drug-likeness (QED) is 0.933. The SMILES string of the molecule is O=C(Nc1cc2n(n1)CCCC2)OCc1ccccc1. The number of nitrogens with zero attached hydrogens (tertiary/aromatic N) is 2. The van der Waals surface area contributed by atoms with E-state index in [1.807, 2.05) is 41.1 Å². The minimum absolute atomic E-state index is 0.264. The third-order valence-corrected chi connectivity index (χ3v) is 3.36. The summed E-state index contributed by atoms with van der Waals surface area (Å²) in [7, 11) is 0. The summed E-state index contributed by atoms with van der Waals surface area (Å²) < 4.78 is 7.12. The Morgan fingerprint density at radius 2 is 2.15 bits per heavy atom. The molecule has 1 amide bonds. The van der Waals surface area contributed by atoms with E-state index in [1.54, 1.807) is 0 Å². The fourth-order valence-corrected chi connectivity index (χ4v) is 2.34. The molecule has 0 saturated carbocycles. The van der Waals surface area contributed by atoms with Gasteiger partial charge >= 0.3 is 6.09 Å². The summed E-state index contributed by atoms with van der Waals surface area (Å²) in [6, 6.07) is 11.5. The maximum Gasteiger partial charge on any atom is 0.413 e. The van der Waals surface area contributed by atoms with Crippen LogP contribution in [0.4, 0.5) is 10.6 Å². The molecule has 104 valence electrons. The van der Waals surface area contributed by atoms with E-state index in [0.29, 0.717) is 5.82 Å². The topological polar surface area (TPSA) is 56.2 Å². The number of nitrogens with one attached hydrogen (secondary N) is 1. The lowest BCUT2D eigenvalue weighted by atomic mass is 10.1. The average molecular weight is 271 g/mol. The van der Waals surface area contributed by atoms with Gasteiger partial charge in [0, 0.05) is 18.3 Å². The van der Waals surface area contributed by atoms with Gasteiger partial charge in [-0.3, -0.25) is 10.00 Å². The highest BCUT2D eigenvalue weighted by Crippen LogP contribution is 2.18. The predicted molar refractivity (Wildman–Crippen MR) is 75.4 cm³/mol. The molecule has 1 aliphatic rings. The number of carbonyl (C=O) groups is 1. The third kappa shape index (κ3) is 2.99. The molecule has 5 nitrogen and oxygen atoms in total. The van der Waals surface area contributed by atoms with Gasteiger partial charge in [0.05, 0.1) is 0 Å². The van der Waals surface area contributed by atoms with Crippen molar-refractivity contribution in [1.82, 2.24) is 9.78 Å². The number of amides is 1. The summed E-state index contributed by atoms with van der Waals surface area (Å²) >= 11 is 0. The maximum absolute atomic E-state index is 11.7. The molecule has 1 N–H and O–H groups in total. The second kappa shape index (κ2) is 5.77. The monoisotopic (exact) mass is 271 g/mol. The standard InChI is InChI=1S/C15H17N3O2/c19-15(20-11-12-6-2-1-3-7-12)16-14-10-13-8-4-5-9-18(13)17-14/h1-3,6-7,10H,4-5,8-9,11H2,(H,16,17,19). The van der Waals surface area contributed by atoms with Crippen molar-refractivity contribution in [3.63, 3.8) is 0 Å². The Morgan fingerprint density at radius 1 is 1.30 bits per heavy atom. The second-order valence-electron chi connectivity index (χ2n) is 4.89. The van der Waals surface area contributed by atoms with Crippen molar-refractivity contribution in [3.05, 3.63) is 47.7 Å². The van der Waals surface area contributed by atoms with E-state index in [-0.39, 0.29) is 6.61 Å². The molecule has 1 aromatic heterocycles.